The normalized spacial score (nSPS) is 35.8. The number of carbonyl (C=O) groups excluding carboxylic acids is 1. The van der Waals surface area contributed by atoms with E-state index in [0.717, 1.165) is 18.8 Å². The van der Waals surface area contributed by atoms with E-state index in [2.05, 4.69) is 48.5 Å². The molecule has 2 nitrogen and oxygen atoms in total. The highest BCUT2D eigenvalue weighted by atomic mass is 16.5. The van der Waals surface area contributed by atoms with Crippen molar-refractivity contribution in [1.82, 2.24) is 0 Å². The summed E-state index contributed by atoms with van der Waals surface area (Å²) in [5, 5.41) is 0. The van der Waals surface area contributed by atoms with Gasteiger partial charge < -0.3 is 4.74 Å². The highest BCUT2D eigenvalue weighted by Gasteiger charge is 2.62. The summed E-state index contributed by atoms with van der Waals surface area (Å²) in [6, 6.07) is 0. The minimum absolute atomic E-state index is 0.0151. The topological polar surface area (TPSA) is 26.3 Å². The van der Waals surface area contributed by atoms with Crippen LogP contribution in [0.5, 0.6) is 0 Å². The van der Waals surface area contributed by atoms with E-state index in [1.165, 1.54) is 12.8 Å². The van der Waals surface area contributed by atoms with Gasteiger partial charge in [0.2, 0.25) is 0 Å². The van der Waals surface area contributed by atoms with E-state index in [-0.39, 0.29) is 22.9 Å². The van der Waals surface area contributed by atoms with Crippen molar-refractivity contribution in [3.63, 3.8) is 0 Å². The summed E-state index contributed by atoms with van der Waals surface area (Å²) in [5.41, 5.74) is 0.773. The van der Waals surface area contributed by atoms with Crippen LogP contribution in [0.3, 0.4) is 0 Å². The van der Waals surface area contributed by atoms with Gasteiger partial charge in [-0.15, -0.1) is 0 Å². The van der Waals surface area contributed by atoms with Crippen LogP contribution in [0.2, 0.25) is 0 Å². The zero-order valence-corrected chi connectivity index (χ0v) is 15.1. The average molecular weight is 294 g/mol. The second kappa shape index (κ2) is 5.28. The van der Waals surface area contributed by atoms with Gasteiger partial charge in [-0.05, 0) is 48.3 Å². The maximum Gasteiger partial charge on any atom is 0.306 e. The molecule has 1 unspecified atom stereocenters. The molecule has 0 spiro atoms. The summed E-state index contributed by atoms with van der Waals surface area (Å²) in [6.07, 6.45) is 5.36. The second-order valence-corrected chi connectivity index (χ2v) is 9.66. The minimum Gasteiger partial charge on any atom is -0.462 e. The molecule has 4 atom stereocenters. The molecular formula is C19H34O2. The molecule has 0 aliphatic heterocycles. The van der Waals surface area contributed by atoms with Gasteiger partial charge in [0, 0.05) is 11.8 Å². The highest BCUT2D eigenvalue weighted by molar-refractivity contribution is 5.70. The number of rotatable bonds is 4. The lowest BCUT2D eigenvalue weighted by atomic mass is 9.70. The number of ether oxygens (including phenoxy) is 1. The van der Waals surface area contributed by atoms with Gasteiger partial charge in [0.15, 0.2) is 0 Å². The summed E-state index contributed by atoms with van der Waals surface area (Å²) in [7, 11) is 0. The maximum atomic E-state index is 12.3. The second-order valence-electron chi connectivity index (χ2n) is 9.66. The molecule has 2 heteroatoms. The first-order valence-electron chi connectivity index (χ1n) is 8.65. The molecule has 0 radical (unpaired) electrons. The molecule has 2 aliphatic carbocycles. The SMILES string of the molecule is CC(CC(=O)O[C@H]1C[C@@H]2CC[C@@]1(C)C2(C)C)CC(C)(C)C. The predicted molar refractivity (Wildman–Crippen MR) is 87.0 cm³/mol. The Bertz CT molecular complexity index is 404. The average Bonchev–Trinajstić information content (AvgIpc) is 2.58. The fraction of sp³-hybridized carbons (Fsp3) is 0.947. The van der Waals surface area contributed by atoms with Crippen molar-refractivity contribution in [2.45, 2.75) is 86.7 Å². The van der Waals surface area contributed by atoms with Crippen molar-refractivity contribution < 1.29 is 9.53 Å². The van der Waals surface area contributed by atoms with E-state index in [9.17, 15) is 4.79 Å². The summed E-state index contributed by atoms with van der Waals surface area (Å²) < 4.78 is 5.93. The van der Waals surface area contributed by atoms with Gasteiger partial charge >= 0.3 is 5.97 Å². The maximum absolute atomic E-state index is 12.3. The molecule has 0 heterocycles. The molecule has 2 aliphatic rings. The van der Waals surface area contributed by atoms with E-state index < -0.39 is 0 Å². The lowest BCUT2D eigenvalue weighted by Gasteiger charge is -2.38. The van der Waals surface area contributed by atoms with E-state index in [1.807, 2.05) is 0 Å². The van der Waals surface area contributed by atoms with E-state index in [4.69, 9.17) is 4.74 Å². The largest absolute Gasteiger partial charge is 0.462 e. The molecule has 0 N–H and O–H groups in total. The monoisotopic (exact) mass is 294 g/mol. The van der Waals surface area contributed by atoms with Gasteiger partial charge in [-0.1, -0.05) is 48.5 Å². The first-order chi connectivity index (χ1) is 9.46. The standard InChI is InChI=1S/C19H34O2/c1-13(12-17(2,3)4)10-16(20)21-15-11-14-8-9-19(15,7)18(14,5)6/h13-15H,8-12H2,1-7H3/t13?,14-,15-,19+/m0/s1. The Morgan fingerprint density at radius 3 is 2.33 bits per heavy atom. The van der Waals surface area contributed by atoms with Crippen LogP contribution in [-0.2, 0) is 9.53 Å². The Morgan fingerprint density at radius 1 is 1.29 bits per heavy atom. The Hall–Kier alpha value is -0.530. The van der Waals surface area contributed by atoms with Crippen molar-refractivity contribution in [2.75, 3.05) is 0 Å². The molecule has 2 saturated carbocycles. The zero-order chi connectivity index (χ0) is 16.1. The van der Waals surface area contributed by atoms with Crippen LogP contribution < -0.4 is 0 Å². The highest BCUT2D eigenvalue weighted by Crippen LogP contribution is 2.66. The van der Waals surface area contributed by atoms with Crippen LogP contribution in [0, 0.1) is 28.1 Å². The van der Waals surface area contributed by atoms with Crippen molar-refractivity contribution >= 4 is 5.97 Å². The van der Waals surface area contributed by atoms with Crippen LogP contribution in [-0.4, -0.2) is 12.1 Å². The molecule has 21 heavy (non-hydrogen) atoms. The Morgan fingerprint density at radius 2 is 1.90 bits per heavy atom. The fourth-order valence-corrected chi connectivity index (χ4v) is 4.92. The molecule has 0 aromatic carbocycles. The van der Waals surface area contributed by atoms with Gasteiger partial charge in [0.1, 0.15) is 6.10 Å². The summed E-state index contributed by atoms with van der Waals surface area (Å²) >= 11 is 0. The summed E-state index contributed by atoms with van der Waals surface area (Å²) in [6.45, 7) is 15.9. The first-order valence-corrected chi connectivity index (χ1v) is 8.65. The van der Waals surface area contributed by atoms with Crippen molar-refractivity contribution in [2.24, 2.45) is 28.1 Å². The molecule has 2 fully saturated rings. The number of esters is 1. The van der Waals surface area contributed by atoms with Crippen LogP contribution in [0.1, 0.15) is 80.6 Å². The number of hydrogen-bond acceptors (Lipinski definition) is 2. The Kier molecular flexibility index (Phi) is 4.23. The quantitative estimate of drug-likeness (QED) is 0.666. The van der Waals surface area contributed by atoms with Crippen molar-refractivity contribution in [3.05, 3.63) is 0 Å². The van der Waals surface area contributed by atoms with Crippen molar-refractivity contribution in [1.29, 1.82) is 0 Å². The van der Waals surface area contributed by atoms with Crippen LogP contribution in [0.25, 0.3) is 0 Å². The van der Waals surface area contributed by atoms with Gasteiger partial charge in [0.05, 0.1) is 0 Å². The predicted octanol–water partition coefficient (Wildman–Crippen LogP) is 5.21. The van der Waals surface area contributed by atoms with E-state index >= 15 is 0 Å². The lowest BCUT2D eigenvalue weighted by Crippen LogP contribution is -2.38. The molecular weight excluding hydrogens is 260 g/mol. The molecule has 2 rings (SSSR count). The van der Waals surface area contributed by atoms with Gasteiger partial charge in [-0.2, -0.15) is 0 Å². The van der Waals surface area contributed by atoms with E-state index in [1.54, 1.807) is 0 Å². The zero-order valence-electron chi connectivity index (χ0n) is 15.1. The van der Waals surface area contributed by atoms with E-state index in [0.29, 0.717) is 17.8 Å². The third kappa shape index (κ3) is 3.14. The lowest BCUT2D eigenvalue weighted by molar-refractivity contribution is -0.158. The third-order valence-electron chi connectivity index (χ3n) is 6.46. The molecule has 2 bridgehead atoms. The van der Waals surface area contributed by atoms with Crippen LogP contribution in [0.4, 0.5) is 0 Å². The molecule has 0 aromatic heterocycles. The molecule has 0 aromatic rings. The molecule has 122 valence electrons. The fourth-order valence-electron chi connectivity index (χ4n) is 4.92. The molecule has 0 amide bonds. The van der Waals surface area contributed by atoms with Gasteiger partial charge in [0.25, 0.3) is 0 Å². The summed E-state index contributed by atoms with van der Waals surface area (Å²) in [5.74, 6) is 1.14. The van der Waals surface area contributed by atoms with Crippen molar-refractivity contribution in [3.8, 4) is 0 Å². The molecule has 0 saturated heterocycles. The Labute approximate surface area is 131 Å². The number of fused-ring (bicyclic) bond motifs is 2. The third-order valence-corrected chi connectivity index (χ3v) is 6.46. The number of hydrogen-bond donors (Lipinski definition) is 0. The van der Waals surface area contributed by atoms with Crippen LogP contribution >= 0.6 is 0 Å². The minimum atomic E-state index is 0.0151. The smallest absolute Gasteiger partial charge is 0.306 e. The number of carbonyl (C=O) groups is 1. The van der Waals surface area contributed by atoms with Gasteiger partial charge in [-0.3, -0.25) is 4.79 Å². The Balaban J connectivity index is 1.90. The van der Waals surface area contributed by atoms with Gasteiger partial charge in [-0.25, -0.2) is 0 Å². The van der Waals surface area contributed by atoms with Crippen LogP contribution in [0.15, 0.2) is 0 Å². The first kappa shape index (κ1) is 16.8. The summed E-state index contributed by atoms with van der Waals surface area (Å²) in [4.78, 5) is 12.3.